The zero-order valence-corrected chi connectivity index (χ0v) is 12.5. The topological polar surface area (TPSA) is 69.6 Å². The Morgan fingerprint density at radius 2 is 1.95 bits per heavy atom. The first kappa shape index (κ1) is 17.3. The fraction of sp³-hybridized carbons (Fsp3) is 0.333. The Morgan fingerprint density at radius 1 is 1.33 bits per heavy atom. The van der Waals surface area contributed by atoms with Crippen molar-refractivity contribution < 1.29 is 27.9 Å². The highest BCUT2D eigenvalue weighted by atomic mass is 79.9. The highest BCUT2D eigenvalue weighted by molar-refractivity contribution is 9.10. The number of carboxylic acids is 1. The smallest absolute Gasteiger partial charge is 0.406 e. The number of aromatic carboxylic acids is 1. The van der Waals surface area contributed by atoms with E-state index < -0.39 is 24.7 Å². The van der Waals surface area contributed by atoms with Gasteiger partial charge in [-0.25, -0.2) is 9.59 Å². The molecule has 0 bridgehead atoms. The number of alkyl halides is 3. The summed E-state index contributed by atoms with van der Waals surface area (Å²) in [4.78, 5) is 23.2. The quantitative estimate of drug-likeness (QED) is 0.853. The molecule has 0 saturated carbocycles. The molecule has 116 valence electrons. The minimum absolute atomic E-state index is 0.0902. The van der Waals surface area contributed by atoms with Crippen LogP contribution in [0, 0.1) is 0 Å². The average molecular weight is 369 g/mol. The van der Waals surface area contributed by atoms with Crippen LogP contribution in [0.25, 0.3) is 0 Å². The van der Waals surface area contributed by atoms with Crippen LogP contribution in [0.5, 0.6) is 0 Å². The number of amides is 2. The van der Waals surface area contributed by atoms with Gasteiger partial charge in [-0.2, -0.15) is 13.2 Å². The first-order valence-electron chi connectivity index (χ1n) is 5.79. The van der Waals surface area contributed by atoms with E-state index in [0.717, 1.165) is 6.07 Å². The fourth-order valence-electron chi connectivity index (χ4n) is 1.53. The van der Waals surface area contributed by atoms with Crippen LogP contribution in [0.1, 0.15) is 17.3 Å². The molecule has 1 aromatic carbocycles. The molecule has 0 spiro atoms. The number of hydrogen-bond acceptors (Lipinski definition) is 2. The van der Waals surface area contributed by atoms with Gasteiger partial charge in [0.25, 0.3) is 0 Å². The molecular weight excluding hydrogens is 357 g/mol. The van der Waals surface area contributed by atoms with E-state index >= 15 is 0 Å². The summed E-state index contributed by atoms with van der Waals surface area (Å²) in [5.74, 6) is -1.21. The molecule has 1 aromatic rings. The monoisotopic (exact) mass is 368 g/mol. The van der Waals surface area contributed by atoms with Crippen molar-refractivity contribution in [3.8, 4) is 0 Å². The van der Waals surface area contributed by atoms with Gasteiger partial charge in [-0.05, 0) is 25.1 Å². The molecule has 0 aliphatic rings. The van der Waals surface area contributed by atoms with E-state index in [1.165, 1.54) is 19.1 Å². The molecule has 0 heterocycles. The number of nitrogens with zero attached hydrogens (tertiary/aromatic N) is 1. The van der Waals surface area contributed by atoms with E-state index in [0.29, 0.717) is 9.37 Å². The second-order valence-corrected chi connectivity index (χ2v) is 5.01. The molecule has 1 rings (SSSR count). The Hall–Kier alpha value is -1.77. The van der Waals surface area contributed by atoms with Crippen LogP contribution in [0.2, 0.25) is 0 Å². The normalized spacial score (nSPS) is 11.1. The van der Waals surface area contributed by atoms with Crippen molar-refractivity contribution in [2.45, 2.75) is 13.1 Å². The van der Waals surface area contributed by atoms with E-state index in [-0.39, 0.29) is 17.8 Å². The fourth-order valence-corrected chi connectivity index (χ4v) is 2.02. The molecule has 0 atom stereocenters. The number of carboxylic acid groups (broad SMARTS) is 1. The van der Waals surface area contributed by atoms with Gasteiger partial charge < -0.3 is 15.3 Å². The highest BCUT2D eigenvalue weighted by Gasteiger charge is 2.32. The number of benzene rings is 1. The molecule has 2 amide bonds. The Bertz CT molecular complexity index is 549. The summed E-state index contributed by atoms with van der Waals surface area (Å²) in [6, 6.07) is 2.91. The number of urea groups is 1. The van der Waals surface area contributed by atoms with Crippen molar-refractivity contribution >= 4 is 33.6 Å². The molecule has 0 saturated heterocycles. The Balaban J connectivity index is 2.89. The maximum atomic E-state index is 12.3. The summed E-state index contributed by atoms with van der Waals surface area (Å²) in [6.45, 7) is -0.102. The Kier molecular flexibility index (Phi) is 5.59. The van der Waals surface area contributed by atoms with E-state index in [1.54, 1.807) is 0 Å². The zero-order valence-electron chi connectivity index (χ0n) is 10.9. The van der Waals surface area contributed by atoms with Crippen LogP contribution < -0.4 is 5.32 Å². The zero-order chi connectivity index (χ0) is 16.2. The van der Waals surface area contributed by atoms with E-state index in [2.05, 4.69) is 21.2 Å². The predicted molar refractivity (Wildman–Crippen MR) is 73.4 cm³/mol. The molecule has 5 nitrogen and oxygen atoms in total. The maximum absolute atomic E-state index is 12.3. The van der Waals surface area contributed by atoms with Crippen LogP contribution in [-0.4, -0.2) is 41.3 Å². The SMILES string of the molecule is CCN(CC(F)(F)F)C(=O)Nc1cc(Br)cc(C(=O)O)c1. The van der Waals surface area contributed by atoms with Gasteiger partial charge >= 0.3 is 18.2 Å². The van der Waals surface area contributed by atoms with Gasteiger partial charge in [-0.1, -0.05) is 15.9 Å². The second-order valence-electron chi connectivity index (χ2n) is 4.09. The molecule has 0 unspecified atom stereocenters. The van der Waals surface area contributed by atoms with Gasteiger partial charge in [0.2, 0.25) is 0 Å². The van der Waals surface area contributed by atoms with Crippen molar-refractivity contribution in [2.24, 2.45) is 0 Å². The molecule has 0 aliphatic heterocycles. The van der Waals surface area contributed by atoms with Crippen molar-refractivity contribution in [2.75, 3.05) is 18.4 Å². The Labute approximate surface area is 126 Å². The largest absolute Gasteiger partial charge is 0.478 e. The molecule has 2 N–H and O–H groups in total. The highest BCUT2D eigenvalue weighted by Crippen LogP contribution is 2.21. The maximum Gasteiger partial charge on any atom is 0.406 e. The number of nitrogens with one attached hydrogen (secondary N) is 1. The molecule has 0 aliphatic carbocycles. The van der Waals surface area contributed by atoms with Crippen molar-refractivity contribution in [3.05, 3.63) is 28.2 Å². The average Bonchev–Trinajstić information content (AvgIpc) is 2.33. The number of carbonyl (C=O) groups is 2. The minimum Gasteiger partial charge on any atom is -0.478 e. The van der Waals surface area contributed by atoms with Crippen LogP contribution in [-0.2, 0) is 0 Å². The second kappa shape index (κ2) is 6.79. The van der Waals surface area contributed by atoms with Crippen LogP contribution in [0.3, 0.4) is 0 Å². The number of carbonyl (C=O) groups excluding carboxylic acids is 1. The van der Waals surface area contributed by atoms with Gasteiger partial charge in [0.1, 0.15) is 6.54 Å². The number of anilines is 1. The molecule has 0 aromatic heterocycles. The summed E-state index contributed by atoms with van der Waals surface area (Å²) < 4.78 is 37.3. The first-order valence-corrected chi connectivity index (χ1v) is 6.58. The molecule has 0 radical (unpaired) electrons. The van der Waals surface area contributed by atoms with E-state index in [9.17, 15) is 22.8 Å². The lowest BCUT2D eigenvalue weighted by atomic mass is 10.2. The molecule has 9 heteroatoms. The van der Waals surface area contributed by atoms with Gasteiger partial charge in [-0.3, -0.25) is 0 Å². The van der Waals surface area contributed by atoms with Gasteiger partial charge in [0.05, 0.1) is 5.56 Å². The van der Waals surface area contributed by atoms with Crippen LogP contribution in [0.4, 0.5) is 23.7 Å². The number of hydrogen-bond donors (Lipinski definition) is 2. The van der Waals surface area contributed by atoms with E-state index in [1.807, 2.05) is 0 Å². The third-order valence-corrected chi connectivity index (χ3v) is 2.89. The summed E-state index contributed by atoms with van der Waals surface area (Å²) in [7, 11) is 0. The summed E-state index contributed by atoms with van der Waals surface area (Å²) >= 11 is 3.07. The van der Waals surface area contributed by atoms with E-state index in [4.69, 9.17) is 5.11 Å². The van der Waals surface area contributed by atoms with Gasteiger partial charge in [0.15, 0.2) is 0 Å². The van der Waals surface area contributed by atoms with Gasteiger partial charge in [-0.15, -0.1) is 0 Å². The number of halogens is 4. The lowest BCUT2D eigenvalue weighted by molar-refractivity contribution is -0.139. The van der Waals surface area contributed by atoms with Crippen LogP contribution >= 0.6 is 15.9 Å². The van der Waals surface area contributed by atoms with Crippen molar-refractivity contribution in [3.63, 3.8) is 0 Å². The van der Waals surface area contributed by atoms with Gasteiger partial charge in [0, 0.05) is 16.7 Å². The summed E-state index contributed by atoms with van der Waals surface area (Å²) in [6.07, 6.45) is -4.50. The lowest BCUT2D eigenvalue weighted by Gasteiger charge is -2.22. The molecular formula is C12H12BrF3N2O3. The molecule has 21 heavy (non-hydrogen) atoms. The predicted octanol–water partition coefficient (Wildman–Crippen LogP) is 3.56. The third-order valence-electron chi connectivity index (χ3n) is 2.44. The summed E-state index contributed by atoms with van der Waals surface area (Å²) in [5.41, 5.74) is -0.00838. The minimum atomic E-state index is -4.50. The van der Waals surface area contributed by atoms with Crippen LogP contribution in [0.15, 0.2) is 22.7 Å². The Morgan fingerprint density at radius 3 is 2.43 bits per heavy atom. The van der Waals surface area contributed by atoms with Crippen molar-refractivity contribution in [1.29, 1.82) is 0 Å². The molecule has 0 fully saturated rings. The lowest BCUT2D eigenvalue weighted by Crippen LogP contribution is -2.41. The first-order chi connectivity index (χ1) is 9.62. The standard InChI is InChI=1S/C12H12BrF3N2O3/c1-2-18(6-12(14,15)16)11(21)17-9-4-7(10(19)20)3-8(13)5-9/h3-5H,2,6H2,1H3,(H,17,21)(H,19,20). The number of rotatable bonds is 4. The summed E-state index contributed by atoms with van der Waals surface area (Å²) in [5, 5.41) is 11.1. The van der Waals surface area contributed by atoms with Crippen molar-refractivity contribution in [1.82, 2.24) is 4.90 Å². The third kappa shape index (κ3) is 5.62.